The second-order valence-corrected chi connectivity index (χ2v) is 4.65. The van der Waals surface area contributed by atoms with Gasteiger partial charge in [-0.3, -0.25) is 4.79 Å². The predicted octanol–water partition coefficient (Wildman–Crippen LogP) is 2.46. The number of aromatic amines is 1. The molecule has 0 aliphatic carbocycles. The van der Waals surface area contributed by atoms with Crippen molar-refractivity contribution in [2.75, 3.05) is 7.05 Å². The summed E-state index contributed by atoms with van der Waals surface area (Å²) in [5, 5.41) is 3.94. The lowest BCUT2D eigenvalue weighted by Crippen LogP contribution is -2.14. The van der Waals surface area contributed by atoms with E-state index >= 15 is 0 Å². The summed E-state index contributed by atoms with van der Waals surface area (Å²) in [6, 6.07) is 6.48. The maximum Gasteiger partial charge on any atom is 0.251 e. The molecule has 0 atom stereocenters. The molecule has 0 bridgehead atoms. The van der Waals surface area contributed by atoms with E-state index in [1.807, 2.05) is 0 Å². The van der Waals surface area contributed by atoms with Gasteiger partial charge < -0.3 is 10.3 Å². The molecule has 94 valence electrons. The fraction of sp³-hybridized carbons (Fsp3) is 0.167. The molecule has 0 aliphatic heterocycles. The zero-order valence-electron chi connectivity index (χ0n) is 9.63. The highest BCUT2D eigenvalue weighted by molar-refractivity contribution is 6.35. The van der Waals surface area contributed by atoms with Crippen LogP contribution in [0, 0.1) is 0 Å². The first-order valence-corrected chi connectivity index (χ1v) is 6.05. The number of rotatable bonds is 3. The highest BCUT2D eigenvalue weighted by Crippen LogP contribution is 2.24. The van der Waals surface area contributed by atoms with Crippen molar-refractivity contribution in [1.82, 2.24) is 15.3 Å². The van der Waals surface area contributed by atoms with Crippen LogP contribution in [0.15, 0.2) is 29.1 Å². The van der Waals surface area contributed by atoms with Gasteiger partial charge in [-0.2, -0.15) is 0 Å². The number of aromatic nitrogens is 2. The van der Waals surface area contributed by atoms with E-state index in [-0.39, 0.29) is 5.56 Å². The zero-order valence-corrected chi connectivity index (χ0v) is 11.1. The van der Waals surface area contributed by atoms with E-state index in [2.05, 4.69) is 15.3 Å². The molecule has 6 heteroatoms. The maximum atomic E-state index is 11.5. The normalized spacial score (nSPS) is 10.6. The Labute approximate surface area is 114 Å². The summed E-state index contributed by atoms with van der Waals surface area (Å²) < 4.78 is 0. The fourth-order valence-electron chi connectivity index (χ4n) is 1.61. The highest BCUT2D eigenvalue weighted by Gasteiger charge is 2.06. The largest absolute Gasteiger partial charge is 0.314 e. The van der Waals surface area contributed by atoms with Gasteiger partial charge in [0.1, 0.15) is 5.82 Å². The summed E-state index contributed by atoms with van der Waals surface area (Å²) in [4.78, 5) is 18.5. The first kappa shape index (κ1) is 13.1. The van der Waals surface area contributed by atoms with Gasteiger partial charge in [0, 0.05) is 28.2 Å². The molecule has 0 radical (unpaired) electrons. The van der Waals surface area contributed by atoms with Crippen LogP contribution in [-0.2, 0) is 6.54 Å². The number of hydrogen-bond acceptors (Lipinski definition) is 3. The van der Waals surface area contributed by atoms with Crippen LogP contribution in [-0.4, -0.2) is 17.0 Å². The van der Waals surface area contributed by atoms with Crippen molar-refractivity contribution >= 4 is 23.2 Å². The van der Waals surface area contributed by atoms with Crippen LogP contribution in [0.5, 0.6) is 0 Å². The lowest BCUT2D eigenvalue weighted by Gasteiger charge is -2.05. The average molecular weight is 284 g/mol. The molecule has 0 saturated heterocycles. The van der Waals surface area contributed by atoms with Crippen LogP contribution in [0.4, 0.5) is 0 Å². The van der Waals surface area contributed by atoms with Crippen LogP contribution in [0.25, 0.3) is 11.4 Å². The molecule has 2 rings (SSSR count). The SMILES string of the molecule is CNCc1cc(=O)[nH]c(-c2cc(Cl)cc(Cl)c2)n1. The molecule has 0 saturated carbocycles. The number of H-pyrrole nitrogens is 1. The average Bonchev–Trinajstić information content (AvgIpc) is 2.27. The second-order valence-electron chi connectivity index (χ2n) is 3.77. The summed E-state index contributed by atoms with van der Waals surface area (Å²) in [7, 11) is 1.79. The molecule has 4 nitrogen and oxygen atoms in total. The van der Waals surface area contributed by atoms with Crippen LogP contribution < -0.4 is 10.9 Å². The molecular formula is C12H11Cl2N3O. The minimum absolute atomic E-state index is 0.207. The van der Waals surface area contributed by atoms with E-state index in [0.717, 1.165) is 0 Å². The topological polar surface area (TPSA) is 57.8 Å². The van der Waals surface area contributed by atoms with Gasteiger partial charge in [0.05, 0.1) is 5.69 Å². The van der Waals surface area contributed by atoms with Gasteiger partial charge in [0.25, 0.3) is 5.56 Å². The van der Waals surface area contributed by atoms with Crippen molar-refractivity contribution in [3.8, 4) is 11.4 Å². The van der Waals surface area contributed by atoms with Crippen molar-refractivity contribution in [1.29, 1.82) is 0 Å². The Balaban J connectivity index is 2.52. The highest BCUT2D eigenvalue weighted by atomic mass is 35.5. The van der Waals surface area contributed by atoms with E-state index in [0.29, 0.717) is 33.7 Å². The minimum Gasteiger partial charge on any atom is -0.314 e. The lowest BCUT2D eigenvalue weighted by molar-refractivity contribution is 0.785. The fourth-order valence-corrected chi connectivity index (χ4v) is 2.13. The Morgan fingerprint density at radius 3 is 2.50 bits per heavy atom. The smallest absolute Gasteiger partial charge is 0.251 e. The predicted molar refractivity (Wildman–Crippen MR) is 73.1 cm³/mol. The molecule has 0 unspecified atom stereocenters. The van der Waals surface area contributed by atoms with Crippen molar-refractivity contribution in [2.45, 2.75) is 6.54 Å². The first-order valence-electron chi connectivity index (χ1n) is 5.30. The summed E-state index contributed by atoms with van der Waals surface area (Å²) in [5.41, 5.74) is 1.14. The third kappa shape index (κ3) is 3.10. The summed E-state index contributed by atoms with van der Waals surface area (Å²) >= 11 is 11.8. The number of nitrogens with zero attached hydrogens (tertiary/aromatic N) is 1. The van der Waals surface area contributed by atoms with E-state index in [1.165, 1.54) is 6.07 Å². The van der Waals surface area contributed by atoms with Crippen LogP contribution in [0.2, 0.25) is 10.0 Å². The zero-order chi connectivity index (χ0) is 13.1. The van der Waals surface area contributed by atoms with Crippen molar-refractivity contribution < 1.29 is 0 Å². The number of benzene rings is 1. The monoisotopic (exact) mass is 283 g/mol. The Kier molecular flexibility index (Phi) is 4.01. The third-order valence-corrected chi connectivity index (χ3v) is 2.73. The molecule has 0 aliphatic rings. The number of hydrogen-bond donors (Lipinski definition) is 2. The molecule has 0 spiro atoms. The van der Waals surface area contributed by atoms with Gasteiger partial charge >= 0.3 is 0 Å². The molecule has 1 heterocycles. The second kappa shape index (κ2) is 5.52. The van der Waals surface area contributed by atoms with Gasteiger partial charge in [0.15, 0.2) is 0 Å². The van der Waals surface area contributed by atoms with E-state index in [1.54, 1.807) is 25.2 Å². The first-order chi connectivity index (χ1) is 8.58. The Bertz CT molecular complexity index is 605. The van der Waals surface area contributed by atoms with E-state index < -0.39 is 0 Å². The van der Waals surface area contributed by atoms with E-state index in [9.17, 15) is 4.79 Å². The lowest BCUT2D eigenvalue weighted by atomic mass is 10.2. The van der Waals surface area contributed by atoms with E-state index in [4.69, 9.17) is 23.2 Å². The van der Waals surface area contributed by atoms with Crippen LogP contribution in [0.1, 0.15) is 5.69 Å². The van der Waals surface area contributed by atoms with Crippen molar-refractivity contribution in [2.24, 2.45) is 0 Å². The van der Waals surface area contributed by atoms with Crippen molar-refractivity contribution in [3.63, 3.8) is 0 Å². The van der Waals surface area contributed by atoms with Crippen molar-refractivity contribution in [3.05, 3.63) is 50.4 Å². The molecule has 0 fully saturated rings. The standard InChI is InChI=1S/C12H11Cl2N3O/c1-15-6-10-5-11(18)17-12(16-10)7-2-8(13)4-9(14)3-7/h2-5,15H,6H2,1H3,(H,16,17,18). The van der Waals surface area contributed by atoms with Crippen LogP contribution >= 0.6 is 23.2 Å². The molecule has 18 heavy (non-hydrogen) atoms. The minimum atomic E-state index is -0.207. The quantitative estimate of drug-likeness (QED) is 0.910. The van der Waals surface area contributed by atoms with Gasteiger partial charge in [-0.1, -0.05) is 23.2 Å². The molecular weight excluding hydrogens is 273 g/mol. The Hall–Kier alpha value is -1.36. The van der Waals surface area contributed by atoms with Gasteiger partial charge in [-0.25, -0.2) is 4.98 Å². The number of nitrogens with one attached hydrogen (secondary N) is 2. The van der Waals surface area contributed by atoms with Crippen LogP contribution in [0.3, 0.4) is 0 Å². The summed E-state index contributed by atoms with van der Waals surface area (Å²) in [5.74, 6) is 0.456. The molecule has 0 amide bonds. The number of halogens is 2. The molecule has 1 aromatic heterocycles. The summed E-state index contributed by atoms with van der Waals surface area (Å²) in [6.45, 7) is 0.519. The summed E-state index contributed by atoms with van der Waals surface area (Å²) in [6.07, 6.45) is 0. The third-order valence-electron chi connectivity index (χ3n) is 2.29. The Morgan fingerprint density at radius 2 is 1.89 bits per heavy atom. The van der Waals surface area contributed by atoms with Gasteiger partial charge in [0.2, 0.25) is 0 Å². The Morgan fingerprint density at radius 1 is 1.22 bits per heavy atom. The van der Waals surface area contributed by atoms with Gasteiger partial charge in [-0.05, 0) is 25.2 Å². The van der Waals surface area contributed by atoms with Gasteiger partial charge in [-0.15, -0.1) is 0 Å². The molecule has 2 N–H and O–H groups in total. The maximum absolute atomic E-state index is 11.5. The molecule has 2 aromatic rings. The molecule has 1 aromatic carbocycles.